The summed E-state index contributed by atoms with van der Waals surface area (Å²) >= 11 is 0.299. The van der Waals surface area contributed by atoms with Crippen LogP contribution < -0.4 is 5.56 Å². The molecule has 2 aromatic rings. The van der Waals surface area contributed by atoms with Crippen LogP contribution in [0, 0.1) is 0 Å². The second kappa shape index (κ2) is 2.81. The molecule has 2 aromatic heterocycles. The van der Waals surface area contributed by atoms with E-state index in [2.05, 4.69) is 4.98 Å². The second-order valence-corrected chi connectivity index (χ2v) is 3.45. The first kappa shape index (κ1) is 9.20. The van der Waals surface area contributed by atoms with Crippen molar-refractivity contribution < 1.29 is 13.2 Å². The summed E-state index contributed by atoms with van der Waals surface area (Å²) < 4.78 is 36.5. The van der Waals surface area contributed by atoms with Crippen LogP contribution in [-0.2, 0) is 6.30 Å². The van der Waals surface area contributed by atoms with Crippen LogP contribution in [-0.4, -0.2) is 8.94 Å². The molecule has 0 saturated heterocycles. The molecule has 0 N–H and O–H groups in total. The maximum atomic E-state index is 12.2. The van der Waals surface area contributed by atoms with E-state index in [9.17, 15) is 18.0 Å². The minimum atomic E-state index is -4.66. The molecule has 0 aliphatic heterocycles. The van der Waals surface area contributed by atoms with Crippen molar-refractivity contribution in [1.29, 1.82) is 0 Å². The van der Waals surface area contributed by atoms with Crippen molar-refractivity contribution in [3.8, 4) is 0 Å². The number of pyridine rings is 1. The predicted octanol–water partition coefficient (Wildman–Crippen LogP) is 1.93. The molecule has 2 heterocycles. The smallest absolute Gasteiger partial charge is 0.267 e. The number of hydrogen-bond acceptors (Lipinski definition) is 3. The highest BCUT2D eigenvalue weighted by atomic mass is 32.1. The molecule has 0 amide bonds. The first-order valence-corrected chi connectivity index (χ1v) is 4.32. The van der Waals surface area contributed by atoms with Gasteiger partial charge in [0, 0.05) is 6.20 Å². The molecule has 0 atom stereocenters. The molecular weight excluding hydrogens is 217 g/mol. The van der Waals surface area contributed by atoms with Gasteiger partial charge in [-0.2, -0.15) is 3.96 Å². The Morgan fingerprint density at radius 1 is 1.43 bits per heavy atom. The zero-order valence-corrected chi connectivity index (χ0v) is 7.39. The molecule has 0 saturated carbocycles. The topological polar surface area (TPSA) is 34.9 Å². The van der Waals surface area contributed by atoms with Crippen molar-refractivity contribution in [2.45, 2.75) is 6.30 Å². The zero-order valence-electron chi connectivity index (χ0n) is 6.58. The average Bonchev–Trinajstić information content (AvgIpc) is 2.44. The standard InChI is InChI=1S/C7H3F3N2OS/c8-7(9,10)12-6(13)4-2-1-3-11-5(4)14-12/h1-3H. The van der Waals surface area contributed by atoms with Crippen molar-refractivity contribution in [3.63, 3.8) is 0 Å². The molecule has 0 spiro atoms. The molecule has 0 bridgehead atoms. The summed E-state index contributed by atoms with van der Waals surface area (Å²) in [5, 5.41) is -0.00479. The van der Waals surface area contributed by atoms with Crippen LogP contribution in [0.25, 0.3) is 10.2 Å². The van der Waals surface area contributed by atoms with E-state index in [-0.39, 0.29) is 14.2 Å². The third-order valence-corrected chi connectivity index (χ3v) is 2.65. The van der Waals surface area contributed by atoms with Gasteiger partial charge in [-0.05, 0) is 23.7 Å². The summed E-state index contributed by atoms with van der Waals surface area (Å²) in [6, 6.07) is 2.75. The fourth-order valence-electron chi connectivity index (χ4n) is 1.03. The number of aromatic nitrogens is 2. The molecule has 74 valence electrons. The van der Waals surface area contributed by atoms with Gasteiger partial charge >= 0.3 is 6.30 Å². The van der Waals surface area contributed by atoms with E-state index in [1.165, 1.54) is 18.3 Å². The summed E-state index contributed by atoms with van der Waals surface area (Å²) in [6.45, 7) is 0. The van der Waals surface area contributed by atoms with E-state index in [0.29, 0.717) is 11.5 Å². The summed E-state index contributed by atoms with van der Waals surface area (Å²) in [5.74, 6) is 0. The Labute approximate surface area is 79.6 Å². The number of halogens is 3. The van der Waals surface area contributed by atoms with Gasteiger partial charge in [0.15, 0.2) is 0 Å². The number of hydrogen-bond donors (Lipinski definition) is 0. The Hall–Kier alpha value is -1.37. The average molecular weight is 220 g/mol. The fourth-order valence-corrected chi connectivity index (χ4v) is 1.85. The number of nitrogens with zero attached hydrogens (tertiary/aromatic N) is 2. The molecule has 0 aliphatic rings. The third-order valence-electron chi connectivity index (χ3n) is 1.59. The monoisotopic (exact) mass is 220 g/mol. The second-order valence-electron chi connectivity index (χ2n) is 2.51. The molecule has 7 heteroatoms. The quantitative estimate of drug-likeness (QED) is 0.680. The van der Waals surface area contributed by atoms with Crippen molar-refractivity contribution in [3.05, 3.63) is 28.7 Å². The maximum Gasteiger partial charge on any atom is 0.500 e. The molecule has 14 heavy (non-hydrogen) atoms. The minimum Gasteiger partial charge on any atom is -0.267 e. The summed E-state index contributed by atoms with van der Waals surface area (Å²) in [6.07, 6.45) is -3.32. The van der Waals surface area contributed by atoms with Gasteiger partial charge in [-0.15, -0.1) is 13.2 Å². The largest absolute Gasteiger partial charge is 0.500 e. The van der Waals surface area contributed by atoms with Gasteiger partial charge in [-0.1, -0.05) is 0 Å². The van der Waals surface area contributed by atoms with Crippen molar-refractivity contribution in [2.24, 2.45) is 0 Å². The Kier molecular flexibility index (Phi) is 1.84. The summed E-state index contributed by atoms with van der Waals surface area (Å²) in [5.41, 5.74) is -1.06. The first-order chi connectivity index (χ1) is 6.50. The SMILES string of the molecule is O=c1c2cccnc2sn1C(F)(F)F. The fraction of sp³-hybridized carbons (Fsp3) is 0.143. The Morgan fingerprint density at radius 2 is 2.14 bits per heavy atom. The van der Waals surface area contributed by atoms with Gasteiger partial charge in [0.2, 0.25) is 0 Å². The molecule has 0 unspecified atom stereocenters. The highest BCUT2D eigenvalue weighted by Gasteiger charge is 2.34. The van der Waals surface area contributed by atoms with Crippen LogP contribution in [0.1, 0.15) is 0 Å². The number of alkyl halides is 3. The number of fused-ring (bicyclic) bond motifs is 1. The van der Waals surface area contributed by atoms with E-state index in [1.54, 1.807) is 0 Å². The van der Waals surface area contributed by atoms with Crippen LogP contribution in [0.3, 0.4) is 0 Å². The molecule has 2 rings (SSSR count). The number of rotatable bonds is 0. The van der Waals surface area contributed by atoms with Crippen LogP contribution in [0.5, 0.6) is 0 Å². The van der Waals surface area contributed by atoms with Gasteiger partial charge in [0.1, 0.15) is 4.83 Å². The molecule has 0 aromatic carbocycles. The van der Waals surface area contributed by atoms with Crippen LogP contribution in [0.15, 0.2) is 23.1 Å². The highest BCUT2D eigenvalue weighted by Crippen LogP contribution is 2.25. The lowest BCUT2D eigenvalue weighted by atomic mass is 10.4. The lowest BCUT2D eigenvalue weighted by Crippen LogP contribution is -2.25. The van der Waals surface area contributed by atoms with Crippen molar-refractivity contribution in [2.75, 3.05) is 0 Å². The summed E-state index contributed by atoms with van der Waals surface area (Å²) in [7, 11) is 0. The van der Waals surface area contributed by atoms with Crippen molar-refractivity contribution >= 4 is 21.7 Å². The molecule has 0 radical (unpaired) electrons. The van der Waals surface area contributed by atoms with Gasteiger partial charge in [-0.25, -0.2) is 4.98 Å². The first-order valence-electron chi connectivity index (χ1n) is 3.54. The zero-order chi connectivity index (χ0) is 10.3. The molecule has 3 nitrogen and oxygen atoms in total. The van der Waals surface area contributed by atoms with Gasteiger partial charge in [-0.3, -0.25) is 4.79 Å². The van der Waals surface area contributed by atoms with Crippen LogP contribution >= 0.6 is 11.5 Å². The van der Waals surface area contributed by atoms with Gasteiger partial charge in [0.25, 0.3) is 5.56 Å². The normalized spacial score (nSPS) is 12.2. The Morgan fingerprint density at radius 3 is 2.71 bits per heavy atom. The molecule has 0 fully saturated rings. The van der Waals surface area contributed by atoms with Crippen LogP contribution in [0.4, 0.5) is 13.2 Å². The lowest BCUT2D eigenvalue weighted by Gasteiger charge is -2.02. The van der Waals surface area contributed by atoms with E-state index in [1.807, 2.05) is 0 Å². The maximum absolute atomic E-state index is 12.2. The van der Waals surface area contributed by atoms with Crippen molar-refractivity contribution in [1.82, 2.24) is 8.94 Å². The Balaban J connectivity index is 2.82. The van der Waals surface area contributed by atoms with Gasteiger partial charge in [0.05, 0.1) is 5.39 Å². The Bertz CT molecular complexity index is 527. The van der Waals surface area contributed by atoms with E-state index in [4.69, 9.17) is 0 Å². The minimum absolute atomic E-state index is 0.00479. The third kappa shape index (κ3) is 1.29. The van der Waals surface area contributed by atoms with E-state index in [0.717, 1.165) is 0 Å². The molecular formula is C7H3F3N2OS. The predicted molar refractivity (Wildman–Crippen MR) is 45.2 cm³/mol. The highest BCUT2D eigenvalue weighted by molar-refractivity contribution is 7.13. The molecule has 0 aliphatic carbocycles. The summed E-state index contributed by atoms with van der Waals surface area (Å²) in [4.78, 5) is 15.0. The van der Waals surface area contributed by atoms with E-state index >= 15 is 0 Å². The van der Waals surface area contributed by atoms with Gasteiger partial charge < -0.3 is 0 Å². The lowest BCUT2D eigenvalue weighted by molar-refractivity contribution is -0.197. The van der Waals surface area contributed by atoms with E-state index < -0.39 is 11.9 Å². The van der Waals surface area contributed by atoms with Crippen LogP contribution in [0.2, 0.25) is 0 Å².